The first-order valence-corrected chi connectivity index (χ1v) is 6.51. The third-order valence-corrected chi connectivity index (χ3v) is 3.31. The maximum atomic E-state index is 12.7. The van der Waals surface area contributed by atoms with E-state index in [2.05, 4.69) is 5.32 Å². The summed E-state index contributed by atoms with van der Waals surface area (Å²) in [5.74, 6) is -3.37. The quantitative estimate of drug-likeness (QED) is 0.766. The highest BCUT2D eigenvalue weighted by atomic mass is 19.4. The lowest BCUT2D eigenvalue weighted by Crippen LogP contribution is -2.51. The normalized spacial score (nSPS) is 16.0. The minimum atomic E-state index is -5.33. The van der Waals surface area contributed by atoms with Crippen LogP contribution in [0.5, 0.6) is 0 Å². The summed E-state index contributed by atoms with van der Waals surface area (Å²) in [6.07, 6.45) is -10.9. The van der Waals surface area contributed by atoms with Gasteiger partial charge >= 0.3 is 12.4 Å². The second-order valence-corrected chi connectivity index (χ2v) is 4.87. The van der Waals surface area contributed by atoms with E-state index in [4.69, 9.17) is 0 Å². The molecule has 0 aliphatic carbocycles. The summed E-state index contributed by atoms with van der Waals surface area (Å²) in [7, 11) is 0. The second-order valence-electron chi connectivity index (χ2n) is 4.87. The highest BCUT2D eigenvalue weighted by Gasteiger charge is 2.59. The van der Waals surface area contributed by atoms with Gasteiger partial charge in [0, 0.05) is 12.1 Å². The van der Waals surface area contributed by atoms with Gasteiger partial charge in [-0.3, -0.25) is 0 Å². The molecule has 1 nitrogen and oxygen atoms in total. The second kappa shape index (κ2) is 6.68. The van der Waals surface area contributed by atoms with Crippen LogP contribution in [0.4, 0.5) is 26.3 Å². The number of hydrogen-bond donors (Lipinski definition) is 1. The lowest BCUT2D eigenvalue weighted by Gasteiger charge is -2.32. The van der Waals surface area contributed by atoms with E-state index in [1.54, 1.807) is 37.3 Å². The first-order valence-electron chi connectivity index (χ1n) is 6.51. The van der Waals surface area contributed by atoms with Crippen molar-refractivity contribution in [3.63, 3.8) is 0 Å². The zero-order valence-corrected chi connectivity index (χ0v) is 11.6. The summed E-state index contributed by atoms with van der Waals surface area (Å²) < 4.78 is 76.5. The van der Waals surface area contributed by atoms with Gasteiger partial charge in [-0.1, -0.05) is 37.3 Å². The Morgan fingerprint density at radius 2 is 1.43 bits per heavy atom. The van der Waals surface area contributed by atoms with E-state index >= 15 is 0 Å². The van der Waals surface area contributed by atoms with Crippen molar-refractivity contribution in [2.75, 3.05) is 0 Å². The molecule has 0 aromatic heterocycles. The fourth-order valence-electron chi connectivity index (χ4n) is 2.25. The molecule has 1 N–H and O–H groups in total. The van der Waals surface area contributed by atoms with Crippen LogP contribution in [0.15, 0.2) is 30.3 Å². The molecule has 0 bridgehead atoms. The van der Waals surface area contributed by atoms with Gasteiger partial charge in [-0.15, -0.1) is 0 Å². The van der Waals surface area contributed by atoms with Crippen LogP contribution in [0.2, 0.25) is 0 Å². The molecule has 0 fully saturated rings. The van der Waals surface area contributed by atoms with Crippen LogP contribution < -0.4 is 5.32 Å². The average molecular weight is 313 g/mol. The average Bonchev–Trinajstić information content (AvgIpc) is 2.35. The molecule has 7 heteroatoms. The Bertz CT molecular complexity index is 411. The summed E-state index contributed by atoms with van der Waals surface area (Å²) in [6.45, 7) is 2.85. The number of hydrogen-bond acceptors (Lipinski definition) is 1. The Hall–Kier alpha value is -1.24. The number of rotatable bonds is 5. The maximum Gasteiger partial charge on any atom is 0.401 e. The van der Waals surface area contributed by atoms with Gasteiger partial charge in [0.2, 0.25) is 0 Å². The van der Waals surface area contributed by atoms with Gasteiger partial charge < -0.3 is 5.32 Å². The third kappa shape index (κ3) is 4.91. The molecule has 1 aromatic carbocycles. The van der Waals surface area contributed by atoms with Crippen LogP contribution in [0.3, 0.4) is 0 Å². The van der Waals surface area contributed by atoms with Gasteiger partial charge in [0.05, 0.1) is 0 Å². The largest absolute Gasteiger partial charge is 0.401 e. The number of nitrogens with one attached hydrogen (secondary N) is 1. The van der Waals surface area contributed by atoms with Gasteiger partial charge in [0.15, 0.2) is 5.92 Å². The zero-order valence-electron chi connectivity index (χ0n) is 11.6. The van der Waals surface area contributed by atoms with Crippen molar-refractivity contribution in [3.05, 3.63) is 35.9 Å². The molecular formula is C14H17F6N. The van der Waals surface area contributed by atoms with Gasteiger partial charge in [0.25, 0.3) is 0 Å². The lowest BCUT2D eigenvalue weighted by molar-refractivity contribution is -0.292. The predicted molar refractivity (Wildman–Crippen MR) is 67.7 cm³/mol. The highest BCUT2D eigenvalue weighted by molar-refractivity contribution is 5.18. The van der Waals surface area contributed by atoms with E-state index in [1.807, 2.05) is 0 Å². The summed E-state index contributed by atoms with van der Waals surface area (Å²) in [6, 6.07) is 6.06. The fourth-order valence-corrected chi connectivity index (χ4v) is 2.25. The molecule has 1 aromatic rings. The van der Waals surface area contributed by atoms with Crippen molar-refractivity contribution >= 4 is 0 Å². The summed E-state index contributed by atoms with van der Waals surface area (Å²) >= 11 is 0. The molecule has 1 rings (SSSR count). The van der Waals surface area contributed by atoms with Crippen LogP contribution in [0.1, 0.15) is 31.9 Å². The molecule has 0 amide bonds. The lowest BCUT2D eigenvalue weighted by atomic mass is 9.94. The molecule has 0 unspecified atom stereocenters. The maximum absolute atomic E-state index is 12.7. The van der Waals surface area contributed by atoms with E-state index in [-0.39, 0.29) is 6.42 Å². The standard InChI is InChI=1S/C14H17F6N/c1-3-11(12(13(15,16)17)14(18,19)20)21-9(2)10-7-5-4-6-8-10/h4-9,11-12,21H,3H2,1-2H3/t9-,11-/m1/s1. The molecule has 2 atom stereocenters. The van der Waals surface area contributed by atoms with Crippen molar-refractivity contribution < 1.29 is 26.3 Å². The van der Waals surface area contributed by atoms with E-state index < -0.39 is 30.4 Å². The first kappa shape index (κ1) is 17.8. The Balaban J connectivity index is 2.95. The first-order chi connectivity index (χ1) is 9.57. The summed E-state index contributed by atoms with van der Waals surface area (Å²) in [5, 5.41) is 2.46. The molecule has 0 saturated carbocycles. The van der Waals surface area contributed by atoms with Gasteiger partial charge in [-0.05, 0) is 18.9 Å². The molecular weight excluding hydrogens is 296 g/mol. The van der Waals surface area contributed by atoms with Crippen LogP contribution >= 0.6 is 0 Å². The van der Waals surface area contributed by atoms with Crippen molar-refractivity contribution in [2.45, 2.75) is 44.7 Å². The Morgan fingerprint density at radius 1 is 0.952 bits per heavy atom. The fraction of sp³-hybridized carbons (Fsp3) is 0.571. The Morgan fingerprint density at radius 3 is 1.81 bits per heavy atom. The molecule has 0 saturated heterocycles. The van der Waals surface area contributed by atoms with E-state index in [0.717, 1.165) is 0 Å². The van der Waals surface area contributed by atoms with Gasteiger partial charge in [-0.2, -0.15) is 26.3 Å². The minimum Gasteiger partial charge on any atom is -0.306 e. The minimum absolute atomic E-state index is 0.277. The van der Waals surface area contributed by atoms with Crippen LogP contribution in [-0.4, -0.2) is 18.4 Å². The van der Waals surface area contributed by atoms with E-state index in [0.29, 0.717) is 5.56 Å². The van der Waals surface area contributed by atoms with E-state index in [1.165, 1.54) is 6.92 Å². The monoisotopic (exact) mass is 313 g/mol. The Labute approximate surface area is 119 Å². The van der Waals surface area contributed by atoms with Crippen molar-refractivity contribution in [1.82, 2.24) is 5.32 Å². The SMILES string of the molecule is CC[C@@H](N[C@H](C)c1ccccc1)C(C(F)(F)F)C(F)(F)F. The Kier molecular flexibility index (Phi) is 5.67. The third-order valence-electron chi connectivity index (χ3n) is 3.31. The van der Waals surface area contributed by atoms with Crippen molar-refractivity contribution in [2.24, 2.45) is 5.92 Å². The topological polar surface area (TPSA) is 12.0 Å². The zero-order chi connectivity index (χ0) is 16.3. The molecule has 0 spiro atoms. The van der Waals surface area contributed by atoms with Crippen LogP contribution in [-0.2, 0) is 0 Å². The molecule has 0 aliphatic rings. The van der Waals surface area contributed by atoms with E-state index in [9.17, 15) is 26.3 Å². The molecule has 0 radical (unpaired) electrons. The van der Waals surface area contributed by atoms with Gasteiger partial charge in [0.1, 0.15) is 0 Å². The molecule has 0 aliphatic heterocycles. The summed E-state index contributed by atoms with van der Waals surface area (Å²) in [4.78, 5) is 0. The van der Waals surface area contributed by atoms with Crippen LogP contribution in [0.25, 0.3) is 0 Å². The smallest absolute Gasteiger partial charge is 0.306 e. The number of alkyl halides is 6. The number of benzene rings is 1. The van der Waals surface area contributed by atoms with Crippen molar-refractivity contribution in [1.29, 1.82) is 0 Å². The van der Waals surface area contributed by atoms with Crippen molar-refractivity contribution in [3.8, 4) is 0 Å². The molecule has 21 heavy (non-hydrogen) atoms. The number of halogens is 6. The van der Waals surface area contributed by atoms with Crippen LogP contribution in [0, 0.1) is 5.92 Å². The highest BCUT2D eigenvalue weighted by Crippen LogP contribution is 2.42. The predicted octanol–water partition coefficient (Wildman–Crippen LogP) is 4.86. The summed E-state index contributed by atoms with van der Waals surface area (Å²) in [5.41, 5.74) is 0.638. The molecule has 120 valence electrons. The molecule has 0 heterocycles. The van der Waals surface area contributed by atoms with Gasteiger partial charge in [-0.25, -0.2) is 0 Å².